The van der Waals surface area contributed by atoms with E-state index in [9.17, 15) is 0 Å². The molecule has 1 aliphatic rings. The summed E-state index contributed by atoms with van der Waals surface area (Å²) < 4.78 is 0. The maximum atomic E-state index is 3.43. The maximum absolute atomic E-state index is 3.43. The van der Waals surface area contributed by atoms with Gasteiger partial charge in [0, 0.05) is 39.3 Å². The van der Waals surface area contributed by atoms with E-state index in [0.717, 1.165) is 0 Å². The Labute approximate surface area is 177 Å². The molecule has 0 amide bonds. The van der Waals surface area contributed by atoms with Crippen LogP contribution in [0.15, 0.2) is 12.2 Å². The highest BCUT2D eigenvalue weighted by atomic mass is 15.2. The van der Waals surface area contributed by atoms with Crippen LogP contribution in [0.3, 0.4) is 0 Å². The number of nitrogens with one attached hydrogen (secondary N) is 1. The van der Waals surface area contributed by atoms with Crippen LogP contribution in [0.25, 0.3) is 0 Å². The van der Waals surface area contributed by atoms with Gasteiger partial charge in [0.05, 0.1) is 0 Å². The van der Waals surface area contributed by atoms with Crippen LogP contribution < -0.4 is 5.32 Å². The molecule has 0 bridgehead atoms. The lowest BCUT2D eigenvalue weighted by Gasteiger charge is -2.29. The van der Waals surface area contributed by atoms with Crippen molar-refractivity contribution in [2.45, 2.75) is 96.8 Å². The van der Waals surface area contributed by atoms with E-state index in [2.05, 4.69) is 41.2 Å². The SMILES string of the molecule is CCCCCCCC/C=C\CCCCCCCCN(C)CCN1CCNCC1. The third-order valence-corrected chi connectivity index (χ3v) is 6.06. The largest absolute Gasteiger partial charge is 0.314 e. The van der Waals surface area contributed by atoms with Crippen LogP contribution in [0.1, 0.15) is 96.8 Å². The second-order valence-corrected chi connectivity index (χ2v) is 8.83. The smallest absolute Gasteiger partial charge is 0.0110 e. The van der Waals surface area contributed by atoms with E-state index in [1.54, 1.807) is 0 Å². The summed E-state index contributed by atoms with van der Waals surface area (Å²) in [7, 11) is 2.29. The zero-order valence-electron chi connectivity index (χ0n) is 19.4. The third kappa shape index (κ3) is 16.6. The van der Waals surface area contributed by atoms with Crippen LogP contribution in [-0.4, -0.2) is 62.7 Å². The molecule has 1 N–H and O–H groups in total. The first-order valence-corrected chi connectivity index (χ1v) is 12.6. The Hall–Kier alpha value is -0.380. The summed E-state index contributed by atoms with van der Waals surface area (Å²) in [6.45, 7) is 10.8. The molecule has 0 unspecified atom stereocenters. The molecule has 1 saturated heterocycles. The number of piperazine rings is 1. The number of rotatable bonds is 19. The van der Waals surface area contributed by atoms with E-state index < -0.39 is 0 Å². The summed E-state index contributed by atoms with van der Waals surface area (Å²) in [5.74, 6) is 0. The van der Waals surface area contributed by atoms with Crippen LogP contribution in [0.5, 0.6) is 0 Å². The second-order valence-electron chi connectivity index (χ2n) is 8.83. The van der Waals surface area contributed by atoms with Crippen molar-refractivity contribution in [3.8, 4) is 0 Å². The first kappa shape index (κ1) is 25.7. The summed E-state index contributed by atoms with van der Waals surface area (Å²) in [6, 6.07) is 0. The predicted molar refractivity (Wildman–Crippen MR) is 126 cm³/mol. The summed E-state index contributed by atoms with van der Waals surface area (Å²) in [5.41, 5.74) is 0. The topological polar surface area (TPSA) is 18.5 Å². The van der Waals surface area contributed by atoms with Crippen LogP contribution in [-0.2, 0) is 0 Å². The maximum Gasteiger partial charge on any atom is 0.0110 e. The van der Waals surface area contributed by atoms with Crippen molar-refractivity contribution in [3.05, 3.63) is 12.2 Å². The highest BCUT2D eigenvalue weighted by Crippen LogP contribution is 2.10. The minimum Gasteiger partial charge on any atom is -0.314 e. The van der Waals surface area contributed by atoms with Crippen LogP contribution in [0, 0.1) is 0 Å². The number of unbranched alkanes of at least 4 members (excludes halogenated alkanes) is 12. The molecule has 1 heterocycles. The molecule has 28 heavy (non-hydrogen) atoms. The molecule has 3 heteroatoms. The van der Waals surface area contributed by atoms with Gasteiger partial charge in [-0.1, -0.05) is 76.9 Å². The van der Waals surface area contributed by atoms with Crippen molar-refractivity contribution < 1.29 is 0 Å². The minimum atomic E-state index is 1.17. The van der Waals surface area contributed by atoms with Gasteiger partial charge in [-0.2, -0.15) is 0 Å². The average Bonchev–Trinajstić information content (AvgIpc) is 2.72. The molecule has 0 aromatic carbocycles. The van der Waals surface area contributed by atoms with E-state index >= 15 is 0 Å². The van der Waals surface area contributed by atoms with E-state index in [0.29, 0.717) is 0 Å². The Morgan fingerprint density at radius 3 is 1.86 bits per heavy atom. The zero-order valence-corrected chi connectivity index (χ0v) is 19.4. The van der Waals surface area contributed by atoms with Gasteiger partial charge in [-0.15, -0.1) is 0 Å². The van der Waals surface area contributed by atoms with E-state index in [-0.39, 0.29) is 0 Å². The minimum absolute atomic E-state index is 1.17. The number of nitrogens with zero attached hydrogens (tertiary/aromatic N) is 2. The Kier molecular flexibility index (Phi) is 18.2. The van der Waals surface area contributed by atoms with Crippen molar-refractivity contribution in [3.63, 3.8) is 0 Å². The van der Waals surface area contributed by atoms with E-state index in [1.165, 1.54) is 136 Å². The quantitative estimate of drug-likeness (QED) is 0.219. The van der Waals surface area contributed by atoms with Crippen LogP contribution in [0.4, 0.5) is 0 Å². The number of hydrogen-bond acceptors (Lipinski definition) is 3. The summed E-state index contributed by atoms with van der Waals surface area (Å²) in [5, 5.41) is 3.43. The van der Waals surface area contributed by atoms with E-state index in [4.69, 9.17) is 0 Å². The summed E-state index contributed by atoms with van der Waals surface area (Å²) >= 11 is 0. The Morgan fingerprint density at radius 2 is 1.25 bits per heavy atom. The molecule has 0 saturated carbocycles. The lowest BCUT2D eigenvalue weighted by Crippen LogP contribution is -2.46. The van der Waals surface area contributed by atoms with Gasteiger partial charge in [-0.3, -0.25) is 4.90 Å². The van der Waals surface area contributed by atoms with Crippen molar-refractivity contribution in [2.24, 2.45) is 0 Å². The standard InChI is InChI=1S/C25H51N3/c1-3-4-5-6-7-8-9-10-11-12-13-14-15-16-17-18-21-27(2)24-25-28-22-19-26-20-23-28/h10-11,26H,3-9,12-25H2,1-2H3/b11-10-. The Balaban J connectivity index is 1.75. The highest BCUT2D eigenvalue weighted by molar-refractivity contribution is 4.81. The molecule has 1 fully saturated rings. The predicted octanol–water partition coefficient (Wildman–Crippen LogP) is 5.86. The van der Waals surface area contributed by atoms with Gasteiger partial charge < -0.3 is 10.2 Å². The molecule has 3 nitrogen and oxygen atoms in total. The number of likely N-dealkylation sites (N-methyl/N-ethyl adjacent to an activating group) is 1. The fourth-order valence-corrected chi connectivity index (χ4v) is 3.99. The molecule has 0 aromatic heterocycles. The van der Waals surface area contributed by atoms with Crippen molar-refractivity contribution in [1.29, 1.82) is 0 Å². The first-order chi connectivity index (χ1) is 13.8. The van der Waals surface area contributed by atoms with Crippen LogP contribution >= 0.6 is 0 Å². The molecule has 0 atom stereocenters. The highest BCUT2D eigenvalue weighted by Gasteiger charge is 2.09. The van der Waals surface area contributed by atoms with Crippen molar-refractivity contribution >= 4 is 0 Å². The van der Waals surface area contributed by atoms with Gasteiger partial charge in [0.15, 0.2) is 0 Å². The molecule has 0 aromatic rings. The molecule has 0 radical (unpaired) electrons. The molecule has 1 rings (SSSR count). The van der Waals surface area contributed by atoms with Gasteiger partial charge in [0.2, 0.25) is 0 Å². The fourth-order valence-electron chi connectivity index (χ4n) is 3.99. The van der Waals surface area contributed by atoms with Gasteiger partial charge >= 0.3 is 0 Å². The first-order valence-electron chi connectivity index (χ1n) is 12.6. The molecule has 1 aliphatic heterocycles. The van der Waals surface area contributed by atoms with Gasteiger partial charge in [-0.05, 0) is 45.7 Å². The number of allylic oxidation sites excluding steroid dienone is 2. The van der Waals surface area contributed by atoms with E-state index in [1.807, 2.05) is 0 Å². The van der Waals surface area contributed by atoms with Crippen molar-refractivity contribution in [1.82, 2.24) is 15.1 Å². The summed E-state index contributed by atoms with van der Waals surface area (Å²) in [6.07, 6.45) is 24.4. The van der Waals surface area contributed by atoms with Crippen LogP contribution in [0.2, 0.25) is 0 Å². The average molecular weight is 394 g/mol. The lowest BCUT2D eigenvalue weighted by molar-refractivity contribution is 0.203. The zero-order chi connectivity index (χ0) is 20.1. The Morgan fingerprint density at radius 1 is 0.714 bits per heavy atom. The van der Waals surface area contributed by atoms with Gasteiger partial charge in [0.1, 0.15) is 0 Å². The monoisotopic (exact) mass is 393 g/mol. The molecule has 0 aliphatic carbocycles. The lowest BCUT2D eigenvalue weighted by atomic mass is 10.1. The van der Waals surface area contributed by atoms with Gasteiger partial charge in [0.25, 0.3) is 0 Å². The van der Waals surface area contributed by atoms with Gasteiger partial charge in [-0.25, -0.2) is 0 Å². The molecular formula is C25H51N3. The summed E-state index contributed by atoms with van der Waals surface area (Å²) in [4.78, 5) is 5.12. The third-order valence-electron chi connectivity index (χ3n) is 6.06. The second kappa shape index (κ2) is 19.9. The molecular weight excluding hydrogens is 342 g/mol. The molecule has 166 valence electrons. The normalized spacial score (nSPS) is 15.8. The Bertz CT molecular complexity index is 337. The fraction of sp³-hybridized carbons (Fsp3) is 0.920. The molecule has 0 spiro atoms. The van der Waals surface area contributed by atoms with Crippen molar-refractivity contribution in [2.75, 3.05) is 52.9 Å². The number of hydrogen-bond donors (Lipinski definition) is 1.